The lowest BCUT2D eigenvalue weighted by atomic mass is 10.0. The fourth-order valence-corrected chi connectivity index (χ4v) is 3.74. The Balaban J connectivity index is 4.05. The van der Waals surface area contributed by atoms with Crippen LogP contribution in [-0.4, -0.2) is 37.0 Å². The second-order valence-electron chi connectivity index (χ2n) is 3.76. The van der Waals surface area contributed by atoms with Gasteiger partial charge in [0, 0.05) is 0 Å². The predicted molar refractivity (Wildman–Crippen MR) is 62.5 cm³/mol. The number of carboxylic acid groups (broad SMARTS) is 1. The molecular formula is C9H10O8S2. The molecule has 1 aromatic rings. The highest BCUT2D eigenvalue weighted by Crippen LogP contribution is 2.29. The highest BCUT2D eigenvalue weighted by Gasteiger charge is 2.29. The first kappa shape index (κ1) is 15.6. The van der Waals surface area contributed by atoms with E-state index < -0.39 is 41.6 Å². The van der Waals surface area contributed by atoms with Gasteiger partial charge < -0.3 is 5.11 Å². The van der Waals surface area contributed by atoms with Gasteiger partial charge in [0.15, 0.2) is 0 Å². The number of rotatable bonds is 3. The number of hydrogen-bond donors (Lipinski definition) is 3. The zero-order valence-corrected chi connectivity index (χ0v) is 11.4. The first-order valence-corrected chi connectivity index (χ1v) is 7.58. The molecule has 0 saturated carbocycles. The van der Waals surface area contributed by atoms with Gasteiger partial charge in [-0.3, -0.25) is 9.11 Å². The molecule has 0 aromatic heterocycles. The SMILES string of the molecule is Cc1c(C(=O)O)cc(S(=O)(=O)O)c(S(=O)(=O)O)c1C. The van der Waals surface area contributed by atoms with Gasteiger partial charge in [-0.2, -0.15) is 16.8 Å². The van der Waals surface area contributed by atoms with Crippen LogP contribution in [0.1, 0.15) is 21.5 Å². The second kappa shape index (κ2) is 4.56. The van der Waals surface area contributed by atoms with Crippen molar-refractivity contribution in [2.24, 2.45) is 0 Å². The van der Waals surface area contributed by atoms with Gasteiger partial charge >= 0.3 is 5.97 Å². The lowest BCUT2D eigenvalue weighted by Crippen LogP contribution is -2.14. The van der Waals surface area contributed by atoms with Gasteiger partial charge in [-0.05, 0) is 31.0 Å². The van der Waals surface area contributed by atoms with Crippen LogP contribution in [0.15, 0.2) is 15.9 Å². The maximum atomic E-state index is 11.2. The molecule has 8 nitrogen and oxygen atoms in total. The minimum atomic E-state index is -5.01. The summed E-state index contributed by atoms with van der Waals surface area (Å²) in [4.78, 5) is 8.72. The summed E-state index contributed by atoms with van der Waals surface area (Å²) in [6, 6.07) is 0.489. The van der Waals surface area contributed by atoms with Gasteiger partial charge in [-0.15, -0.1) is 0 Å². The van der Waals surface area contributed by atoms with Crippen molar-refractivity contribution in [3.05, 3.63) is 22.8 Å². The van der Waals surface area contributed by atoms with Gasteiger partial charge in [-0.25, -0.2) is 4.79 Å². The van der Waals surface area contributed by atoms with E-state index in [1.165, 1.54) is 6.92 Å². The molecule has 0 fully saturated rings. The van der Waals surface area contributed by atoms with Crippen LogP contribution < -0.4 is 0 Å². The first-order valence-electron chi connectivity index (χ1n) is 4.70. The fourth-order valence-electron chi connectivity index (χ4n) is 1.60. The molecule has 0 bridgehead atoms. The van der Waals surface area contributed by atoms with E-state index in [4.69, 9.17) is 14.2 Å². The van der Waals surface area contributed by atoms with Crippen molar-refractivity contribution in [2.75, 3.05) is 0 Å². The molecule has 106 valence electrons. The van der Waals surface area contributed by atoms with E-state index in [-0.39, 0.29) is 11.1 Å². The minimum absolute atomic E-state index is 0.0347. The Kier molecular flexibility index (Phi) is 3.74. The van der Waals surface area contributed by atoms with Crippen LogP contribution in [-0.2, 0) is 20.2 Å². The number of benzene rings is 1. The van der Waals surface area contributed by atoms with Crippen molar-refractivity contribution in [1.29, 1.82) is 0 Å². The standard InChI is InChI=1S/C9H10O8S2/c1-4-5(2)8(19(15,16)17)7(18(12,13)14)3-6(4)9(10)11/h3H,1-2H3,(H,10,11)(H,12,13,14)(H,15,16,17). The van der Waals surface area contributed by atoms with Gasteiger partial charge in [0.2, 0.25) is 0 Å². The van der Waals surface area contributed by atoms with E-state index in [0.29, 0.717) is 6.07 Å². The molecule has 0 unspecified atom stereocenters. The third-order valence-corrected chi connectivity index (χ3v) is 4.62. The first-order chi connectivity index (χ1) is 8.37. The van der Waals surface area contributed by atoms with Crippen molar-refractivity contribution < 1.29 is 35.8 Å². The topological polar surface area (TPSA) is 146 Å². The molecule has 1 aromatic carbocycles. The van der Waals surface area contributed by atoms with Gasteiger partial charge in [0.05, 0.1) is 5.56 Å². The van der Waals surface area contributed by atoms with E-state index in [0.717, 1.165) is 6.92 Å². The van der Waals surface area contributed by atoms with Gasteiger partial charge in [0.25, 0.3) is 20.2 Å². The predicted octanol–water partition coefficient (Wildman–Crippen LogP) is 0.495. The van der Waals surface area contributed by atoms with E-state index in [1.54, 1.807) is 0 Å². The van der Waals surface area contributed by atoms with Crippen LogP contribution in [0.3, 0.4) is 0 Å². The Morgan fingerprint density at radius 1 is 1.00 bits per heavy atom. The molecule has 1 rings (SSSR count). The minimum Gasteiger partial charge on any atom is -0.478 e. The van der Waals surface area contributed by atoms with Crippen LogP contribution in [0.2, 0.25) is 0 Å². The van der Waals surface area contributed by atoms with E-state index >= 15 is 0 Å². The van der Waals surface area contributed by atoms with E-state index in [2.05, 4.69) is 0 Å². The van der Waals surface area contributed by atoms with Crippen LogP contribution >= 0.6 is 0 Å². The number of hydrogen-bond acceptors (Lipinski definition) is 5. The van der Waals surface area contributed by atoms with Crippen molar-refractivity contribution in [3.63, 3.8) is 0 Å². The maximum Gasteiger partial charge on any atom is 0.336 e. The summed E-state index contributed by atoms with van der Waals surface area (Å²) in [5, 5.41) is 8.89. The van der Waals surface area contributed by atoms with Crippen molar-refractivity contribution in [1.82, 2.24) is 0 Å². The summed E-state index contributed by atoms with van der Waals surface area (Å²) in [5.74, 6) is -1.49. The normalized spacial score (nSPS) is 12.4. The third kappa shape index (κ3) is 2.92. The highest BCUT2D eigenvalue weighted by atomic mass is 32.2. The number of carbonyl (C=O) groups is 1. The van der Waals surface area contributed by atoms with Crippen LogP contribution in [0.4, 0.5) is 0 Å². The highest BCUT2D eigenvalue weighted by molar-refractivity contribution is 7.89. The Hall–Kier alpha value is -1.49. The summed E-state index contributed by atoms with van der Waals surface area (Å²) < 4.78 is 62.6. The Morgan fingerprint density at radius 2 is 1.47 bits per heavy atom. The van der Waals surface area contributed by atoms with Crippen molar-refractivity contribution >= 4 is 26.2 Å². The zero-order chi connectivity index (χ0) is 15.2. The monoisotopic (exact) mass is 310 g/mol. The Bertz CT molecular complexity index is 758. The van der Waals surface area contributed by atoms with Gasteiger partial charge in [-0.1, -0.05) is 0 Å². The summed E-state index contributed by atoms with van der Waals surface area (Å²) in [7, 11) is -9.96. The molecule has 10 heteroatoms. The van der Waals surface area contributed by atoms with Crippen LogP contribution in [0, 0.1) is 13.8 Å². The molecule has 0 saturated heterocycles. The van der Waals surface area contributed by atoms with Crippen LogP contribution in [0.5, 0.6) is 0 Å². The maximum absolute atomic E-state index is 11.2. The van der Waals surface area contributed by atoms with E-state index in [9.17, 15) is 21.6 Å². The molecule has 19 heavy (non-hydrogen) atoms. The lowest BCUT2D eigenvalue weighted by molar-refractivity contribution is 0.0695. The molecule has 0 heterocycles. The smallest absolute Gasteiger partial charge is 0.336 e. The van der Waals surface area contributed by atoms with Gasteiger partial charge in [0.1, 0.15) is 9.79 Å². The molecule has 0 aliphatic heterocycles. The molecule has 3 N–H and O–H groups in total. The average molecular weight is 310 g/mol. The average Bonchev–Trinajstić information content (AvgIpc) is 2.17. The lowest BCUT2D eigenvalue weighted by Gasteiger charge is -2.13. The zero-order valence-electron chi connectivity index (χ0n) is 9.78. The summed E-state index contributed by atoms with van der Waals surface area (Å²) in [6.45, 7) is 2.38. The fraction of sp³-hybridized carbons (Fsp3) is 0.222. The summed E-state index contributed by atoms with van der Waals surface area (Å²) in [6.07, 6.45) is 0. The second-order valence-corrected chi connectivity index (χ2v) is 6.51. The largest absolute Gasteiger partial charge is 0.478 e. The quantitative estimate of drug-likeness (QED) is 0.684. The van der Waals surface area contributed by atoms with Crippen molar-refractivity contribution in [2.45, 2.75) is 23.6 Å². The summed E-state index contributed by atoms with van der Waals surface area (Å²) >= 11 is 0. The Morgan fingerprint density at radius 3 is 1.79 bits per heavy atom. The molecule has 0 radical (unpaired) electrons. The molecule has 0 atom stereocenters. The Labute approximate surface area is 109 Å². The van der Waals surface area contributed by atoms with E-state index in [1.807, 2.05) is 0 Å². The molecule has 0 aliphatic rings. The molecule has 0 spiro atoms. The number of carboxylic acids is 1. The van der Waals surface area contributed by atoms with Crippen LogP contribution in [0.25, 0.3) is 0 Å². The number of aromatic carboxylic acids is 1. The molecule has 0 aliphatic carbocycles. The third-order valence-electron chi connectivity index (χ3n) is 2.57. The van der Waals surface area contributed by atoms with Crippen molar-refractivity contribution in [3.8, 4) is 0 Å². The molecular weight excluding hydrogens is 300 g/mol. The molecule has 0 amide bonds. The summed E-state index contributed by atoms with van der Waals surface area (Å²) in [5.41, 5.74) is -0.792.